The molecule has 0 unspecified atom stereocenters. The van der Waals surface area contributed by atoms with E-state index in [-0.39, 0.29) is 5.69 Å². The zero-order chi connectivity index (χ0) is 18.9. The minimum absolute atomic E-state index is 0.0771. The summed E-state index contributed by atoms with van der Waals surface area (Å²) in [7, 11) is 1.92. The molecule has 2 rings (SSSR count). The summed E-state index contributed by atoms with van der Waals surface area (Å²) in [6.07, 6.45) is 4.99. The van der Waals surface area contributed by atoms with Gasteiger partial charge in [0.25, 0.3) is 5.69 Å². The van der Waals surface area contributed by atoms with Crippen molar-refractivity contribution in [1.82, 2.24) is 0 Å². The predicted octanol–water partition coefficient (Wildman–Crippen LogP) is 3.93. The molecule has 0 saturated heterocycles. The molecule has 0 saturated carbocycles. The van der Waals surface area contributed by atoms with Crippen molar-refractivity contribution in [3.8, 4) is 0 Å². The van der Waals surface area contributed by atoms with Crippen LogP contribution in [0.15, 0.2) is 61.2 Å². The van der Waals surface area contributed by atoms with E-state index in [0.29, 0.717) is 13.2 Å². The van der Waals surface area contributed by atoms with Gasteiger partial charge in [-0.15, -0.1) is 0 Å². The number of likely N-dealkylation sites (N-methyl/N-ethyl adjacent to an activating group) is 1. The van der Waals surface area contributed by atoms with Gasteiger partial charge >= 0.3 is 5.97 Å². The number of nitro benzene ring substituents is 1. The van der Waals surface area contributed by atoms with Crippen LogP contribution in [0.1, 0.15) is 11.1 Å². The average molecular weight is 352 g/mol. The van der Waals surface area contributed by atoms with E-state index in [4.69, 9.17) is 4.74 Å². The zero-order valence-electron chi connectivity index (χ0n) is 14.5. The fourth-order valence-corrected chi connectivity index (χ4v) is 2.21. The quantitative estimate of drug-likeness (QED) is 0.237. The first-order valence-corrected chi connectivity index (χ1v) is 8.02. The highest BCUT2D eigenvalue weighted by Crippen LogP contribution is 2.17. The van der Waals surface area contributed by atoms with Crippen molar-refractivity contribution < 1.29 is 14.5 Å². The highest BCUT2D eigenvalue weighted by molar-refractivity contribution is 5.81. The highest BCUT2D eigenvalue weighted by Gasteiger charge is 2.03. The number of nitro groups is 1. The van der Waals surface area contributed by atoms with Gasteiger partial charge < -0.3 is 9.64 Å². The molecule has 0 aliphatic heterocycles. The number of carbonyl (C=O) groups excluding carboxylic acids is 1. The van der Waals surface area contributed by atoms with Crippen LogP contribution >= 0.6 is 0 Å². The molecule has 6 nitrogen and oxygen atoms in total. The van der Waals surface area contributed by atoms with Crippen molar-refractivity contribution in [2.24, 2.45) is 0 Å². The van der Waals surface area contributed by atoms with Crippen LogP contribution in [0.5, 0.6) is 0 Å². The van der Waals surface area contributed by atoms with Gasteiger partial charge in [0, 0.05) is 30.9 Å². The standard InChI is InChI=1S/C20H20N2O4/c1-3-20(23)26-15-14-21(2)18-10-6-16(7-11-18)4-5-17-8-12-19(13-9-17)22(24)25/h3-13H,1,14-15H2,2H3/b5-4+. The van der Waals surface area contributed by atoms with Crippen LogP contribution in [0, 0.1) is 10.1 Å². The fourth-order valence-electron chi connectivity index (χ4n) is 2.21. The Hall–Kier alpha value is -3.41. The topological polar surface area (TPSA) is 72.7 Å². The van der Waals surface area contributed by atoms with Gasteiger partial charge in [-0.2, -0.15) is 0 Å². The Kier molecular flexibility index (Phi) is 6.68. The van der Waals surface area contributed by atoms with Crippen LogP contribution in [0.3, 0.4) is 0 Å². The van der Waals surface area contributed by atoms with Gasteiger partial charge in [0.2, 0.25) is 0 Å². The maximum atomic E-state index is 11.0. The van der Waals surface area contributed by atoms with E-state index in [0.717, 1.165) is 22.9 Å². The van der Waals surface area contributed by atoms with Crippen LogP contribution < -0.4 is 4.90 Å². The lowest BCUT2D eigenvalue weighted by Gasteiger charge is -2.19. The molecule has 0 aliphatic rings. The molecule has 134 valence electrons. The molecule has 2 aromatic rings. The third-order valence-corrected chi connectivity index (χ3v) is 3.74. The number of non-ortho nitro benzene ring substituents is 1. The maximum Gasteiger partial charge on any atom is 0.330 e. The third-order valence-electron chi connectivity index (χ3n) is 3.74. The summed E-state index contributed by atoms with van der Waals surface area (Å²) in [5, 5.41) is 10.6. The number of carbonyl (C=O) groups is 1. The Bertz CT molecular complexity index is 796. The van der Waals surface area contributed by atoms with Crippen molar-refractivity contribution in [2.45, 2.75) is 0 Å². The van der Waals surface area contributed by atoms with Crippen molar-refractivity contribution in [1.29, 1.82) is 0 Å². The molecule has 0 amide bonds. The molecule has 26 heavy (non-hydrogen) atoms. The number of nitrogens with zero attached hydrogens (tertiary/aromatic N) is 2. The van der Waals surface area contributed by atoms with Gasteiger partial charge in [-0.3, -0.25) is 10.1 Å². The molecular weight excluding hydrogens is 332 g/mol. The molecule has 6 heteroatoms. The van der Waals surface area contributed by atoms with Crippen LogP contribution in [0.4, 0.5) is 11.4 Å². The molecule has 0 bridgehead atoms. The minimum Gasteiger partial charge on any atom is -0.461 e. The van der Waals surface area contributed by atoms with Crippen LogP contribution in [0.25, 0.3) is 12.2 Å². The van der Waals surface area contributed by atoms with Gasteiger partial charge in [0.15, 0.2) is 0 Å². The number of rotatable bonds is 8. The Balaban J connectivity index is 1.92. The summed E-state index contributed by atoms with van der Waals surface area (Å²) in [6.45, 7) is 4.23. The molecule has 0 heterocycles. The number of anilines is 1. The van der Waals surface area contributed by atoms with Gasteiger partial charge in [-0.05, 0) is 35.4 Å². The second kappa shape index (κ2) is 9.17. The lowest BCUT2D eigenvalue weighted by molar-refractivity contribution is -0.384. The summed E-state index contributed by atoms with van der Waals surface area (Å²) in [5.41, 5.74) is 2.99. The molecule has 0 radical (unpaired) electrons. The Morgan fingerprint density at radius 3 is 2.15 bits per heavy atom. The molecular formula is C20H20N2O4. The van der Waals surface area contributed by atoms with Crippen molar-refractivity contribution in [3.63, 3.8) is 0 Å². The normalized spacial score (nSPS) is 10.5. The lowest BCUT2D eigenvalue weighted by atomic mass is 10.1. The summed E-state index contributed by atoms with van der Waals surface area (Å²) in [5.74, 6) is -0.426. The second-order valence-corrected chi connectivity index (χ2v) is 5.57. The minimum atomic E-state index is -0.426. The van der Waals surface area contributed by atoms with Crippen LogP contribution in [-0.2, 0) is 9.53 Å². The van der Waals surface area contributed by atoms with E-state index in [1.54, 1.807) is 12.1 Å². The van der Waals surface area contributed by atoms with Gasteiger partial charge in [-0.1, -0.05) is 30.9 Å². The summed E-state index contributed by atoms with van der Waals surface area (Å²) in [6, 6.07) is 14.3. The molecule has 0 atom stereocenters. The Labute approximate surface area is 152 Å². The van der Waals surface area contributed by atoms with Gasteiger partial charge in [0.05, 0.1) is 11.5 Å². The molecule has 2 aromatic carbocycles. The number of ether oxygens (including phenoxy) is 1. The Morgan fingerprint density at radius 1 is 1.12 bits per heavy atom. The van der Waals surface area contributed by atoms with Gasteiger partial charge in [-0.25, -0.2) is 4.79 Å². The predicted molar refractivity (Wildman–Crippen MR) is 103 cm³/mol. The number of benzene rings is 2. The summed E-state index contributed by atoms with van der Waals surface area (Å²) in [4.78, 5) is 23.2. The van der Waals surface area contributed by atoms with Crippen LogP contribution in [-0.4, -0.2) is 31.1 Å². The first-order valence-electron chi connectivity index (χ1n) is 8.02. The monoisotopic (exact) mass is 352 g/mol. The zero-order valence-corrected chi connectivity index (χ0v) is 14.5. The maximum absolute atomic E-state index is 11.0. The van der Waals surface area contributed by atoms with E-state index in [9.17, 15) is 14.9 Å². The first-order chi connectivity index (χ1) is 12.5. The van der Waals surface area contributed by atoms with E-state index in [2.05, 4.69) is 6.58 Å². The lowest BCUT2D eigenvalue weighted by Crippen LogP contribution is -2.23. The molecule has 0 spiro atoms. The smallest absolute Gasteiger partial charge is 0.330 e. The highest BCUT2D eigenvalue weighted by atomic mass is 16.6. The van der Waals surface area contributed by atoms with E-state index >= 15 is 0 Å². The van der Waals surface area contributed by atoms with Crippen molar-refractivity contribution >= 4 is 29.5 Å². The van der Waals surface area contributed by atoms with Crippen molar-refractivity contribution in [2.75, 3.05) is 25.1 Å². The second-order valence-electron chi connectivity index (χ2n) is 5.57. The number of esters is 1. The molecule has 0 fully saturated rings. The van der Waals surface area contributed by atoms with E-state index in [1.807, 2.05) is 48.4 Å². The van der Waals surface area contributed by atoms with E-state index < -0.39 is 10.9 Å². The van der Waals surface area contributed by atoms with Crippen molar-refractivity contribution in [3.05, 3.63) is 82.4 Å². The summed E-state index contributed by atoms with van der Waals surface area (Å²) >= 11 is 0. The third kappa shape index (κ3) is 5.59. The fraction of sp³-hybridized carbons (Fsp3) is 0.150. The SMILES string of the molecule is C=CC(=O)OCCN(C)c1ccc(/C=C/c2ccc([N+](=O)[O-])cc2)cc1. The molecule has 0 N–H and O–H groups in total. The number of hydrogen-bond acceptors (Lipinski definition) is 5. The van der Waals surface area contributed by atoms with Gasteiger partial charge in [0.1, 0.15) is 6.61 Å². The summed E-state index contributed by atoms with van der Waals surface area (Å²) < 4.78 is 4.97. The van der Waals surface area contributed by atoms with Crippen LogP contribution in [0.2, 0.25) is 0 Å². The molecule has 0 aromatic heterocycles. The molecule has 0 aliphatic carbocycles. The first kappa shape index (κ1) is 18.9. The average Bonchev–Trinajstić information content (AvgIpc) is 2.66. The number of hydrogen-bond donors (Lipinski definition) is 0. The largest absolute Gasteiger partial charge is 0.461 e. The Morgan fingerprint density at radius 2 is 1.65 bits per heavy atom. The van der Waals surface area contributed by atoms with E-state index in [1.165, 1.54) is 12.1 Å².